The third kappa shape index (κ3) is 10.2. The quantitative estimate of drug-likeness (QED) is 0.817. The van der Waals surface area contributed by atoms with Crippen LogP contribution in [0.2, 0.25) is 0 Å². The Morgan fingerprint density at radius 2 is 1.72 bits per heavy atom. The first-order valence-electron chi connectivity index (χ1n) is 9.12. The fraction of sp³-hybridized carbons (Fsp3) is 0.650. The molecule has 0 saturated heterocycles. The van der Waals surface area contributed by atoms with Crippen molar-refractivity contribution in [3.8, 4) is 0 Å². The molecule has 1 aromatic rings. The number of carbonyl (C=O) groups excluding carboxylic acids is 1. The molecule has 1 saturated carbocycles. The van der Waals surface area contributed by atoms with E-state index in [9.17, 15) is 4.79 Å². The number of nitrogens with one attached hydrogen (secondary N) is 1. The van der Waals surface area contributed by atoms with Crippen LogP contribution in [0.1, 0.15) is 64.9 Å². The molecular weight excluding hydrogens is 386 g/mol. The molecule has 4 nitrogen and oxygen atoms in total. The maximum absolute atomic E-state index is 11.9. The monoisotopic (exact) mass is 416 g/mol. The molecule has 1 aliphatic carbocycles. The normalized spacial score (nSPS) is 21.4. The van der Waals surface area contributed by atoms with Crippen molar-refractivity contribution >= 4 is 6.09 Å². The van der Waals surface area contributed by atoms with Crippen molar-refractivity contribution < 1.29 is 67.7 Å². The molecule has 0 aromatic heterocycles. The third-order valence-electron chi connectivity index (χ3n) is 4.28. The number of hydrogen-bond donors (Lipinski definition) is 1. The fourth-order valence-electron chi connectivity index (χ4n) is 3.11. The van der Waals surface area contributed by atoms with Gasteiger partial charge >= 0.3 is 64.3 Å². The van der Waals surface area contributed by atoms with E-state index in [-0.39, 0.29) is 70.3 Å². The number of carbonyl (C=O) groups is 1. The Balaban J connectivity index is 0.00000312. The molecule has 25 heavy (non-hydrogen) atoms. The molecule has 1 N–H and O–H groups in total. The summed E-state index contributed by atoms with van der Waals surface area (Å²) in [6.07, 6.45) is 6.15. The van der Waals surface area contributed by atoms with Crippen LogP contribution in [0.4, 0.5) is 4.79 Å². The molecule has 1 fully saturated rings. The zero-order valence-corrected chi connectivity index (χ0v) is 21.2. The van der Waals surface area contributed by atoms with E-state index in [2.05, 4.69) is 29.6 Å². The van der Waals surface area contributed by atoms with Gasteiger partial charge in [-0.15, -0.1) is 12.6 Å². The first-order valence-corrected chi connectivity index (χ1v) is 9.12. The summed E-state index contributed by atoms with van der Waals surface area (Å²) in [4.78, 5) is 11.9. The minimum atomic E-state index is -0.437. The maximum atomic E-state index is 11.9. The molecule has 2 rings (SSSR count). The van der Waals surface area contributed by atoms with Gasteiger partial charge in [-0.3, -0.25) is 0 Å². The number of ether oxygens (including phenoxy) is 1. The molecule has 0 atom stereocenters. The molecule has 0 aliphatic heterocycles. The predicted molar refractivity (Wildman–Crippen MR) is 98.2 cm³/mol. The van der Waals surface area contributed by atoms with Gasteiger partial charge in [0.2, 0.25) is 0 Å². The van der Waals surface area contributed by atoms with Crippen molar-refractivity contribution in [2.45, 2.75) is 83.5 Å². The largest absolute Gasteiger partial charge is 1.00 e. The van der Waals surface area contributed by atoms with E-state index in [1.807, 2.05) is 26.8 Å². The molecule has 5 heteroatoms. The number of hydrogen-bond acceptors (Lipinski definition) is 2. The first-order chi connectivity index (χ1) is 11.4. The summed E-state index contributed by atoms with van der Waals surface area (Å²) in [5, 5.41) is 7.90. The fourth-order valence-corrected chi connectivity index (χ4v) is 3.11. The summed E-state index contributed by atoms with van der Waals surface area (Å²) >= 11 is 0. The van der Waals surface area contributed by atoms with E-state index in [4.69, 9.17) is 10.1 Å². The van der Waals surface area contributed by atoms with Crippen LogP contribution in [0.25, 0.3) is 5.32 Å². The van der Waals surface area contributed by atoms with Crippen LogP contribution < -0.4 is 63.5 Å². The third-order valence-corrected chi connectivity index (χ3v) is 4.28. The second-order valence-corrected chi connectivity index (χ2v) is 7.69. The minimum Gasteiger partial charge on any atom is -0.656 e. The Kier molecular flexibility index (Phi) is 11.1. The standard InChI is InChI=1S/C20H31N2O2.Rb/c1-20(2,3)24-19(23)22-18-13-7-11-17(12-8-14-18)21-15-16-9-5-4-6-10-16;/h4-6,9-10,17-18H,7-8,11-15H2,1-3H3,(H,22,23);/q-1;+1. The van der Waals surface area contributed by atoms with E-state index in [1.165, 1.54) is 5.56 Å². The Morgan fingerprint density at radius 3 is 2.28 bits per heavy atom. The Morgan fingerprint density at radius 1 is 1.12 bits per heavy atom. The average molecular weight is 417 g/mol. The van der Waals surface area contributed by atoms with Crippen molar-refractivity contribution in [3.05, 3.63) is 41.2 Å². The predicted octanol–water partition coefficient (Wildman–Crippen LogP) is 2.18. The van der Waals surface area contributed by atoms with Gasteiger partial charge in [-0.2, -0.15) is 0 Å². The molecule has 1 amide bonds. The molecule has 0 unspecified atom stereocenters. The molecule has 0 heterocycles. The Bertz CT molecular complexity index is 492. The van der Waals surface area contributed by atoms with Gasteiger partial charge in [0.15, 0.2) is 0 Å². The molecule has 0 radical (unpaired) electrons. The van der Waals surface area contributed by atoms with Crippen LogP contribution in [0.5, 0.6) is 0 Å². The Hall–Kier alpha value is 0.255. The summed E-state index contributed by atoms with van der Waals surface area (Å²) in [6, 6.07) is 11.1. The van der Waals surface area contributed by atoms with Crippen LogP contribution >= 0.6 is 0 Å². The molecule has 1 aromatic carbocycles. The number of rotatable bonds is 4. The van der Waals surface area contributed by atoms with Gasteiger partial charge in [-0.25, -0.2) is 4.79 Å². The zero-order valence-electron chi connectivity index (χ0n) is 16.3. The van der Waals surface area contributed by atoms with Crippen LogP contribution in [-0.2, 0) is 11.3 Å². The summed E-state index contributed by atoms with van der Waals surface area (Å²) < 4.78 is 5.35. The summed E-state index contributed by atoms with van der Waals surface area (Å²) in [7, 11) is 0. The SMILES string of the molecule is CC(C)(C)OC(=O)NC1CCCC([N-]Cc2ccccc2)CCC1.[Rb+]. The second kappa shape index (κ2) is 11.9. The number of nitrogens with zero attached hydrogens (tertiary/aromatic N) is 1. The number of amides is 1. The van der Waals surface area contributed by atoms with Crippen LogP contribution in [0.15, 0.2) is 30.3 Å². The van der Waals surface area contributed by atoms with E-state index in [1.54, 1.807) is 0 Å². The minimum absolute atomic E-state index is 0. The van der Waals surface area contributed by atoms with E-state index >= 15 is 0 Å². The first kappa shape index (κ1) is 23.3. The van der Waals surface area contributed by atoms with Crippen LogP contribution in [-0.4, -0.2) is 23.8 Å². The van der Waals surface area contributed by atoms with Crippen molar-refractivity contribution in [2.75, 3.05) is 0 Å². The van der Waals surface area contributed by atoms with Crippen molar-refractivity contribution in [1.82, 2.24) is 5.32 Å². The van der Waals surface area contributed by atoms with Crippen LogP contribution in [0.3, 0.4) is 0 Å². The number of benzene rings is 1. The smallest absolute Gasteiger partial charge is 0.656 e. The van der Waals surface area contributed by atoms with Crippen molar-refractivity contribution in [1.29, 1.82) is 0 Å². The Labute approximate surface area is 201 Å². The van der Waals surface area contributed by atoms with Gasteiger partial charge in [0.05, 0.1) is 0 Å². The topological polar surface area (TPSA) is 52.4 Å². The van der Waals surface area contributed by atoms with Gasteiger partial charge < -0.3 is 15.4 Å². The summed E-state index contributed by atoms with van der Waals surface area (Å²) in [5.74, 6) is 0. The van der Waals surface area contributed by atoms with Gasteiger partial charge in [0.1, 0.15) is 5.60 Å². The van der Waals surface area contributed by atoms with Gasteiger partial charge in [-0.05, 0) is 33.6 Å². The molecule has 0 spiro atoms. The second-order valence-electron chi connectivity index (χ2n) is 7.69. The number of alkyl carbamates (subject to hydrolysis) is 1. The average Bonchev–Trinajstić information content (AvgIpc) is 2.48. The zero-order chi connectivity index (χ0) is 17.4. The van der Waals surface area contributed by atoms with E-state index in [0.717, 1.165) is 45.1 Å². The molecule has 1 aliphatic rings. The summed E-state index contributed by atoms with van der Waals surface area (Å²) in [6.45, 7) is 6.49. The van der Waals surface area contributed by atoms with Gasteiger partial charge in [0, 0.05) is 6.04 Å². The summed E-state index contributed by atoms with van der Waals surface area (Å²) in [5.41, 5.74) is 0.844. The molecular formula is C20H31N2O2Rb. The van der Waals surface area contributed by atoms with Crippen molar-refractivity contribution in [3.63, 3.8) is 0 Å². The van der Waals surface area contributed by atoms with Gasteiger partial charge in [-0.1, -0.05) is 61.6 Å². The van der Waals surface area contributed by atoms with E-state index < -0.39 is 5.60 Å². The van der Waals surface area contributed by atoms with Crippen LogP contribution in [0, 0.1) is 0 Å². The molecule has 134 valence electrons. The van der Waals surface area contributed by atoms with Gasteiger partial charge in [0.25, 0.3) is 0 Å². The maximum Gasteiger partial charge on any atom is 1.00 e. The van der Waals surface area contributed by atoms with E-state index in [0.29, 0.717) is 6.04 Å². The van der Waals surface area contributed by atoms with Crippen molar-refractivity contribution in [2.24, 2.45) is 0 Å². The molecule has 0 bridgehead atoms.